The van der Waals surface area contributed by atoms with Crippen molar-refractivity contribution in [3.63, 3.8) is 0 Å². The van der Waals surface area contributed by atoms with E-state index < -0.39 is 28.7 Å². The Hall–Kier alpha value is -3.46. The number of aliphatic carboxylic acids is 1. The molecule has 0 saturated carbocycles. The van der Waals surface area contributed by atoms with Crippen LogP contribution in [-0.2, 0) is 19.6 Å². The first-order chi connectivity index (χ1) is 20.5. The molecule has 2 saturated heterocycles. The molecule has 5 rings (SSSR count). The average Bonchev–Trinajstić information content (AvgIpc) is 2.99. The van der Waals surface area contributed by atoms with Crippen molar-refractivity contribution in [2.75, 3.05) is 13.2 Å². The molecule has 228 valence electrons. The zero-order valence-electron chi connectivity index (χ0n) is 25.3. The highest BCUT2D eigenvalue weighted by Gasteiger charge is 2.47. The van der Waals surface area contributed by atoms with E-state index in [9.17, 15) is 18.3 Å². The Labute approximate surface area is 255 Å². The Morgan fingerprint density at radius 1 is 1.09 bits per heavy atom. The zero-order valence-corrected chi connectivity index (χ0v) is 26.1. The van der Waals surface area contributed by atoms with Crippen molar-refractivity contribution >= 4 is 16.0 Å². The van der Waals surface area contributed by atoms with Crippen molar-refractivity contribution < 1.29 is 27.8 Å². The van der Waals surface area contributed by atoms with Gasteiger partial charge in [-0.1, -0.05) is 74.5 Å². The van der Waals surface area contributed by atoms with E-state index in [4.69, 9.17) is 9.47 Å². The molecule has 7 nitrogen and oxygen atoms in total. The Bertz CT molecular complexity index is 1580. The minimum absolute atomic E-state index is 0.187. The SMILES string of the molecule is C=C(C)[C@H]1C[C@H]2[C@H](CCCN2S(=O)(=O)c2ccc(-c3ccccc3)cc2)O[C@@H]1c1c(C)cc(C(C)C)cc1OCC(=O)O. The molecule has 0 radical (unpaired) electrons. The molecule has 1 N–H and O–H groups in total. The molecular weight excluding hydrogens is 562 g/mol. The second-order valence-corrected chi connectivity index (χ2v) is 14.0. The molecule has 2 fully saturated rings. The van der Waals surface area contributed by atoms with Gasteiger partial charge in [0.05, 0.1) is 23.1 Å². The summed E-state index contributed by atoms with van der Waals surface area (Å²) in [7, 11) is -3.78. The lowest BCUT2D eigenvalue weighted by Crippen LogP contribution is -2.55. The second-order valence-electron chi connectivity index (χ2n) is 12.1. The first kappa shape index (κ1) is 31.0. The van der Waals surface area contributed by atoms with Gasteiger partial charge in [-0.2, -0.15) is 4.31 Å². The summed E-state index contributed by atoms with van der Waals surface area (Å²) in [5, 5.41) is 9.36. The number of rotatable bonds is 9. The summed E-state index contributed by atoms with van der Waals surface area (Å²) in [4.78, 5) is 11.7. The van der Waals surface area contributed by atoms with Crippen LogP contribution >= 0.6 is 0 Å². The fourth-order valence-electron chi connectivity index (χ4n) is 6.45. The summed E-state index contributed by atoms with van der Waals surface area (Å²) in [6, 6.07) is 20.7. The summed E-state index contributed by atoms with van der Waals surface area (Å²) in [6.07, 6.45) is 1.22. The van der Waals surface area contributed by atoms with E-state index in [1.807, 2.05) is 62.4 Å². The van der Waals surface area contributed by atoms with Crippen LogP contribution < -0.4 is 4.74 Å². The molecule has 0 amide bonds. The lowest BCUT2D eigenvalue weighted by Gasteiger charge is -2.49. The van der Waals surface area contributed by atoms with Crippen LogP contribution in [0.15, 0.2) is 83.8 Å². The number of ether oxygens (including phenoxy) is 2. The first-order valence-corrected chi connectivity index (χ1v) is 16.4. The quantitative estimate of drug-likeness (QED) is 0.262. The van der Waals surface area contributed by atoms with E-state index in [0.717, 1.165) is 39.8 Å². The van der Waals surface area contributed by atoms with Gasteiger partial charge in [-0.25, -0.2) is 13.2 Å². The number of sulfonamides is 1. The first-order valence-electron chi connectivity index (χ1n) is 14.9. The number of hydrogen-bond acceptors (Lipinski definition) is 5. The van der Waals surface area contributed by atoms with E-state index >= 15 is 0 Å². The second kappa shape index (κ2) is 12.6. The Morgan fingerprint density at radius 3 is 2.40 bits per heavy atom. The van der Waals surface area contributed by atoms with Crippen molar-refractivity contribution in [3.8, 4) is 16.9 Å². The molecule has 2 heterocycles. The highest BCUT2D eigenvalue weighted by atomic mass is 32.2. The number of carboxylic acid groups (broad SMARTS) is 1. The maximum atomic E-state index is 14.0. The van der Waals surface area contributed by atoms with E-state index in [0.29, 0.717) is 25.1 Å². The molecule has 4 atom stereocenters. The van der Waals surface area contributed by atoms with Crippen LogP contribution in [0.2, 0.25) is 0 Å². The molecule has 0 aliphatic carbocycles. The molecular formula is C35H41NO6S. The molecule has 8 heteroatoms. The van der Waals surface area contributed by atoms with Gasteiger partial charge in [-0.3, -0.25) is 0 Å². The number of piperidine rings is 1. The minimum Gasteiger partial charge on any atom is -0.482 e. The fourth-order valence-corrected chi connectivity index (χ4v) is 8.15. The van der Waals surface area contributed by atoms with Crippen LogP contribution in [0.3, 0.4) is 0 Å². The van der Waals surface area contributed by atoms with Crippen LogP contribution in [0.4, 0.5) is 0 Å². The van der Waals surface area contributed by atoms with E-state index in [-0.39, 0.29) is 28.9 Å². The Kier molecular flexibility index (Phi) is 9.11. The molecule has 0 spiro atoms. The normalized spacial score (nSPS) is 22.6. The number of aryl methyl sites for hydroxylation is 1. The fraction of sp³-hybridized carbons (Fsp3) is 0.400. The van der Waals surface area contributed by atoms with Gasteiger partial charge in [0, 0.05) is 18.0 Å². The number of hydrogen-bond donors (Lipinski definition) is 1. The number of carbonyl (C=O) groups is 1. The summed E-state index contributed by atoms with van der Waals surface area (Å²) >= 11 is 0. The van der Waals surface area contributed by atoms with Gasteiger partial charge in [0.15, 0.2) is 6.61 Å². The predicted molar refractivity (Wildman–Crippen MR) is 168 cm³/mol. The third-order valence-electron chi connectivity index (χ3n) is 8.72. The molecule has 2 aliphatic rings. The number of benzene rings is 3. The number of nitrogens with zero attached hydrogens (tertiary/aromatic N) is 1. The maximum absolute atomic E-state index is 14.0. The molecule has 43 heavy (non-hydrogen) atoms. The standard InChI is InChI=1S/C35H41NO6S/c1-22(2)27-18-24(5)34(32(19-27)41-21-33(37)38)35-29(23(3)4)20-30-31(42-35)12-9-17-36(30)43(39,40)28-15-13-26(14-16-28)25-10-7-6-8-11-25/h6-8,10-11,13-16,18-19,22,29-31,35H,3,9,12,17,20-21H2,1-2,4-5H3,(H,37,38)/t29-,30+,31+,35+/m1/s1. The van der Waals surface area contributed by atoms with E-state index in [2.05, 4.69) is 26.5 Å². The predicted octanol–water partition coefficient (Wildman–Crippen LogP) is 7.12. The van der Waals surface area contributed by atoms with E-state index in [1.165, 1.54) is 0 Å². The average molecular weight is 604 g/mol. The Balaban J connectivity index is 1.47. The monoisotopic (exact) mass is 603 g/mol. The number of carboxylic acids is 1. The molecule has 2 aliphatic heterocycles. The van der Waals surface area contributed by atoms with Crippen molar-refractivity contribution in [2.24, 2.45) is 5.92 Å². The van der Waals surface area contributed by atoms with Gasteiger partial charge >= 0.3 is 5.97 Å². The Morgan fingerprint density at radius 2 is 1.77 bits per heavy atom. The topological polar surface area (TPSA) is 93.1 Å². The van der Waals surface area contributed by atoms with Crippen LogP contribution in [0, 0.1) is 12.8 Å². The highest BCUT2D eigenvalue weighted by molar-refractivity contribution is 7.89. The summed E-state index contributed by atoms with van der Waals surface area (Å²) in [5.74, 6) is -0.509. The lowest BCUT2D eigenvalue weighted by molar-refractivity contribution is -0.139. The van der Waals surface area contributed by atoms with Gasteiger partial charge in [0.1, 0.15) is 5.75 Å². The van der Waals surface area contributed by atoms with Gasteiger partial charge in [0.2, 0.25) is 10.0 Å². The summed E-state index contributed by atoms with van der Waals surface area (Å²) < 4.78 is 42.4. The zero-order chi connectivity index (χ0) is 30.9. The lowest BCUT2D eigenvalue weighted by atomic mass is 9.78. The van der Waals surface area contributed by atoms with Crippen LogP contribution in [0.25, 0.3) is 11.1 Å². The largest absolute Gasteiger partial charge is 0.482 e. The van der Waals surface area contributed by atoms with Gasteiger partial charge in [-0.15, -0.1) is 0 Å². The van der Waals surface area contributed by atoms with Gasteiger partial charge < -0.3 is 14.6 Å². The number of fused-ring (bicyclic) bond motifs is 1. The highest BCUT2D eigenvalue weighted by Crippen LogP contribution is 2.48. The third-order valence-corrected chi connectivity index (χ3v) is 10.7. The smallest absolute Gasteiger partial charge is 0.341 e. The maximum Gasteiger partial charge on any atom is 0.341 e. The van der Waals surface area contributed by atoms with Crippen molar-refractivity contribution in [2.45, 2.75) is 76.0 Å². The molecule has 0 unspecified atom stereocenters. The van der Waals surface area contributed by atoms with Crippen molar-refractivity contribution in [1.82, 2.24) is 4.31 Å². The van der Waals surface area contributed by atoms with Gasteiger partial charge in [-0.05, 0) is 79.5 Å². The van der Waals surface area contributed by atoms with Crippen molar-refractivity contribution in [3.05, 3.63) is 95.6 Å². The van der Waals surface area contributed by atoms with Crippen molar-refractivity contribution in [1.29, 1.82) is 0 Å². The molecule has 0 aromatic heterocycles. The summed E-state index contributed by atoms with van der Waals surface area (Å²) in [6.45, 7) is 12.3. The van der Waals surface area contributed by atoms with Gasteiger partial charge in [0.25, 0.3) is 0 Å². The summed E-state index contributed by atoms with van der Waals surface area (Å²) in [5.41, 5.74) is 5.70. The molecule has 0 bridgehead atoms. The van der Waals surface area contributed by atoms with E-state index in [1.54, 1.807) is 16.4 Å². The molecule has 3 aromatic rings. The molecule has 3 aromatic carbocycles. The van der Waals surface area contributed by atoms with Crippen LogP contribution in [0.1, 0.15) is 68.7 Å². The van der Waals surface area contributed by atoms with Crippen LogP contribution in [0.5, 0.6) is 5.75 Å². The third kappa shape index (κ3) is 6.42. The minimum atomic E-state index is -3.78. The van der Waals surface area contributed by atoms with Crippen LogP contribution in [-0.4, -0.2) is 49.1 Å².